The van der Waals surface area contributed by atoms with E-state index in [2.05, 4.69) is 34.4 Å². The van der Waals surface area contributed by atoms with E-state index in [-0.39, 0.29) is 0 Å². The van der Waals surface area contributed by atoms with Crippen LogP contribution in [0.1, 0.15) is 29.0 Å². The Morgan fingerprint density at radius 3 is 3.15 bits per heavy atom. The van der Waals surface area contributed by atoms with Gasteiger partial charge in [0.25, 0.3) is 0 Å². The monoisotopic (exact) mass is 291 g/mol. The molecule has 0 saturated heterocycles. The summed E-state index contributed by atoms with van der Waals surface area (Å²) in [5.41, 5.74) is 2.70. The van der Waals surface area contributed by atoms with Crippen LogP contribution in [0.15, 0.2) is 23.7 Å². The van der Waals surface area contributed by atoms with Gasteiger partial charge in [0.15, 0.2) is 0 Å². The minimum atomic E-state index is 0.437. The first-order chi connectivity index (χ1) is 9.78. The molecule has 20 heavy (non-hydrogen) atoms. The molecule has 5 heteroatoms. The van der Waals surface area contributed by atoms with Gasteiger partial charge in [-0.1, -0.05) is 6.07 Å². The molecular formula is C15H21N3OS. The molecule has 2 aromatic heterocycles. The molecule has 4 nitrogen and oxygen atoms in total. The summed E-state index contributed by atoms with van der Waals surface area (Å²) in [6.07, 6.45) is 2.02. The van der Waals surface area contributed by atoms with E-state index < -0.39 is 0 Å². The fourth-order valence-corrected chi connectivity index (χ4v) is 3.59. The summed E-state index contributed by atoms with van der Waals surface area (Å²) in [5, 5.41) is 6.57. The first-order valence-electron chi connectivity index (χ1n) is 7.11. The molecule has 0 amide bonds. The van der Waals surface area contributed by atoms with Gasteiger partial charge >= 0.3 is 0 Å². The van der Waals surface area contributed by atoms with Crippen molar-refractivity contribution in [1.29, 1.82) is 0 Å². The number of fused-ring (bicyclic) bond motifs is 1. The van der Waals surface area contributed by atoms with Crippen LogP contribution in [0, 0.1) is 0 Å². The standard InChI is InChI=1S/C15H21N3OS/c1-3-19-11-12-8-18(9-13-5-4-6-20-13)10-15-14(12)7-16-17(15)2/h4-7,12H,3,8-11H2,1-2H3/t12-/m0/s1. The summed E-state index contributed by atoms with van der Waals surface area (Å²) < 4.78 is 7.67. The molecule has 2 aromatic rings. The van der Waals surface area contributed by atoms with E-state index in [0.29, 0.717) is 5.92 Å². The van der Waals surface area contributed by atoms with Crippen molar-refractivity contribution in [3.63, 3.8) is 0 Å². The van der Waals surface area contributed by atoms with E-state index in [1.54, 1.807) is 0 Å². The molecular weight excluding hydrogens is 270 g/mol. The summed E-state index contributed by atoms with van der Waals surface area (Å²) in [5.74, 6) is 0.437. The van der Waals surface area contributed by atoms with Crippen LogP contribution in [0.4, 0.5) is 0 Å². The van der Waals surface area contributed by atoms with E-state index in [9.17, 15) is 0 Å². The van der Waals surface area contributed by atoms with Gasteiger partial charge in [0, 0.05) is 49.6 Å². The lowest BCUT2D eigenvalue weighted by Gasteiger charge is -2.32. The van der Waals surface area contributed by atoms with Gasteiger partial charge in [-0.05, 0) is 18.4 Å². The lowest BCUT2D eigenvalue weighted by molar-refractivity contribution is 0.104. The predicted molar refractivity (Wildman–Crippen MR) is 80.9 cm³/mol. The molecule has 0 aliphatic carbocycles. The van der Waals surface area contributed by atoms with Crippen LogP contribution in [-0.4, -0.2) is 34.4 Å². The first-order valence-corrected chi connectivity index (χ1v) is 7.99. The predicted octanol–water partition coefficient (Wildman–Crippen LogP) is 2.62. The molecule has 0 unspecified atom stereocenters. The molecule has 1 aliphatic heterocycles. The SMILES string of the molecule is CCOC[C@@H]1CN(Cc2cccs2)Cc2c1cnn2C. The van der Waals surface area contributed by atoms with Crippen molar-refractivity contribution in [1.82, 2.24) is 14.7 Å². The van der Waals surface area contributed by atoms with Crippen molar-refractivity contribution >= 4 is 11.3 Å². The smallest absolute Gasteiger partial charge is 0.0557 e. The van der Waals surface area contributed by atoms with Crippen LogP contribution in [0.3, 0.4) is 0 Å². The van der Waals surface area contributed by atoms with Crippen molar-refractivity contribution in [2.24, 2.45) is 7.05 Å². The van der Waals surface area contributed by atoms with Crippen LogP contribution in [-0.2, 0) is 24.9 Å². The maximum atomic E-state index is 5.66. The highest BCUT2D eigenvalue weighted by atomic mass is 32.1. The maximum absolute atomic E-state index is 5.66. The van der Waals surface area contributed by atoms with Crippen molar-refractivity contribution < 1.29 is 4.74 Å². The molecule has 0 saturated carbocycles. The molecule has 1 atom stereocenters. The Morgan fingerprint density at radius 2 is 2.40 bits per heavy atom. The number of thiophene rings is 1. The number of nitrogens with zero attached hydrogens (tertiary/aromatic N) is 3. The van der Waals surface area contributed by atoms with Gasteiger partial charge in [0.05, 0.1) is 18.5 Å². The molecule has 3 rings (SSSR count). The highest BCUT2D eigenvalue weighted by Crippen LogP contribution is 2.29. The topological polar surface area (TPSA) is 30.3 Å². The second kappa shape index (κ2) is 6.08. The van der Waals surface area contributed by atoms with E-state index in [0.717, 1.165) is 32.8 Å². The van der Waals surface area contributed by atoms with Gasteiger partial charge in [-0.15, -0.1) is 11.3 Å². The van der Waals surface area contributed by atoms with Crippen molar-refractivity contribution in [2.75, 3.05) is 19.8 Å². The summed E-state index contributed by atoms with van der Waals surface area (Å²) in [4.78, 5) is 3.92. The maximum Gasteiger partial charge on any atom is 0.0557 e. The molecule has 0 aromatic carbocycles. The lowest BCUT2D eigenvalue weighted by atomic mass is 9.95. The lowest BCUT2D eigenvalue weighted by Crippen LogP contribution is -2.35. The van der Waals surface area contributed by atoms with E-state index >= 15 is 0 Å². The van der Waals surface area contributed by atoms with Crippen LogP contribution in [0.2, 0.25) is 0 Å². The molecule has 0 spiro atoms. The van der Waals surface area contributed by atoms with Crippen molar-refractivity contribution in [3.05, 3.63) is 39.8 Å². The van der Waals surface area contributed by atoms with Crippen LogP contribution in [0.5, 0.6) is 0 Å². The molecule has 108 valence electrons. The summed E-state index contributed by atoms with van der Waals surface area (Å²) in [7, 11) is 2.03. The highest BCUT2D eigenvalue weighted by Gasteiger charge is 2.28. The average molecular weight is 291 g/mol. The minimum Gasteiger partial charge on any atom is -0.381 e. The Bertz CT molecular complexity index is 549. The number of aryl methyl sites for hydroxylation is 1. The number of aromatic nitrogens is 2. The van der Waals surface area contributed by atoms with Gasteiger partial charge in [-0.3, -0.25) is 9.58 Å². The molecule has 3 heterocycles. The van der Waals surface area contributed by atoms with Crippen LogP contribution in [0.25, 0.3) is 0 Å². The van der Waals surface area contributed by atoms with Crippen LogP contribution >= 0.6 is 11.3 Å². The zero-order valence-electron chi connectivity index (χ0n) is 12.1. The Morgan fingerprint density at radius 1 is 1.50 bits per heavy atom. The van der Waals surface area contributed by atoms with Crippen molar-refractivity contribution in [2.45, 2.75) is 25.9 Å². The number of rotatable bonds is 5. The summed E-state index contributed by atoms with van der Waals surface area (Å²) >= 11 is 1.83. The highest BCUT2D eigenvalue weighted by molar-refractivity contribution is 7.09. The summed E-state index contributed by atoms with van der Waals surface area (Å²) in [6.45, 7) is 6.66. The van der Waals surface area contributed by atoms with Gasteiger partial charge in [-0.2, -0.15) is 5.10 Å². The van der Waals surface area contributed by atoms with Gasteiger partial charge < -0.3 is 4.74 Å². The van der Waals surface area contributed by atoms with Gasteiger partial charge in [-0.25, -0.2) is 0 Å². The zero-order valence-corrected chi connectivity index (χ0v) is 12.9. The second-order valence-corrected chi connectivity index (χ2v) is 6.31. The number of hydrogen-bond donors (Lipinski definition) is 0. The number of ether oxygens (including phenoxy) is 1. The average Bonchev–Trinajstić information content (AvgIpc) is 3.07. The Kier molecular flexibility index (Phi) is 4.19. The molecule has 0 bridgehead atoms. The van der Waals surface area contributed by atoms with Crippen molar-refractivity contribution in [3.8, 4) is 0 Å². The van der Waals surface area contributed by atoms with E-state index in [1.807, 2.05) is 29.3 Å². The van der Waals surface area contributed by atoms with Gasteiger partial charge in [0.2, 0.25) is 0 Å². The van der Waals surface area contributed by atoms with Crippen LogP contribution < -0.4 is 0 Å². The molecule has 1 aliphatic rings. The first kappa shape index (κ1) is 13.8. The Labute approximate surface area is 124 Å². The Hall–Kier alpha value is -1.17. The van der Waals surface area contributed by atoms with E-state index in [1.165, 1.54) is 16.1 Å². The van der Waals surface area contributed by atoms with E-state index in [4.69, 9.17) is 4.74 Å². The third-order valence-electron chi connectivity index (χ3n) is 3.87. The minimum absolute atomic E-state index is 0.437. The quantitative estimate of drug-likeness (QED) is 0.848. The molecule has 0 fully saturated rings. The number of hydrogen-bond acceptors (Lipinski definition) is 4. The third kappa shape index (κ3) is 2.80. The molecule has 0 N–H and O–H groups in total. The fourth-order valence-electron chi connectivity index (χ4n) is 2.85. The zero-order chi connectivity index (χ0) is 13.9. The second-order valence-electron chi connectivity index (χ2n) is 5.28. The fraction of sp³-hybridized carbons (Fsp3) is 0.533. The largest absolute Gasteiger partial charge is 0.381 e. The Balaban J connectivity index is 1.77. The summed E-state index contributed by atoms with van der Waals surface area (Å²) in [6, 6.07) is 4.33. The normalized spacial score (nSPS) is 19.2. The molecule has 0 radical (unpaired) electrons. The van der Waals surface area contributed by atoms with Gasteiger partial charge in [0.1, 0.15) is 0 Å². The third-order valence-corrected chi connectivity index (χ3v) is 4.73.